The number of carbonyl (C=O) groups is 1. The number of ether oxygens (including phenoxy) is 1. The summed E-state index contributed by atoms with van der Waals surface area (Å²) in [6.07, 6.45) is 1.59. The summed E-state index contributed by atoms with van der Waals surface area (Å²) in [6, 6.07) is 15.3. The highest BCUT2D eigenvalue weighted by Crippen LogP contribution is 2.29. The summed E-state index contributed by atoms with van der Waals surface area (Å²) in [5.41, 5.74) is 1.84. The first-order valence-electron chi connectivity index (χ1n) is 7.02. The number of amides is 1. The van der Waals surface area contributed by atoms with E-state index in [9.17, 15) is 10.1 Å². The molecular formula is C18H14I2N2O2. The predicted molar refractivity (Wildman–Crippen MR) is 110 cm³/mol. The van der Waals surface area contributed by atoms with Gasteiger partial charge >= 0.3 is 0 Å². The van der Waals surface area contributed by atoms with E-state index in [1.165, 1.54) is 0 Å². The highest BCUT2D eigenvalue weighted by Gasteiger charge is 2.11. The predicted octanol–water partition coefficient (Wildman–Crippen LogP) is 4.13. The van der Waals surface area contributed by atoms with Crippen LogP contribution in [-0.2, 0) is 11.3 Å². The first-order valence-corrected chi connectivity index (χ1v) is 9.18. The number of nitriles is 1. The molecule has 0 aliphatic carbocycles. The van der Waals surface area contributed by atoms with Gasteiger partial charge in [-0.3, -0.25) is 4.79 Å². The van der Waals surface area contributed by atoms with E-state index in [1.54, 1.807) is 13.2 Å². The Morgan fingerprint density at radius 2 is 1.88 bits per heavy atom. The number of nitrogens with zero attached hydrogens (tertiary/aromatic N) is 1. The van der Waals surface area contributed by atoms with E-state index in [-0.39, 0.29) is 11.5 Å². The summed E-state index contributed by atoms with van der Waals surface area (Å²) in [5.74, 6) is 0.405. The third-order valence-electron chi connectivity index (χ3n) is 3.20. The molecule has 4 nitrogen and oxygen atoms in total. The van der Waals surface area contributed by atoms with Crippen LogP contribution in [-0.4, -0.2) is 13.0 Å². The number of halogens is 2. The second-order valence-corrected chi connectivity index (χ2v) is 7.18. The Kier molecular flexibility index (Phi) is 7.05. The van der Waals surface area contributed by atoms with Gasteiger partial charge in [0.05, 0.1) is 14.3 Å². The maximum atomic E-state index is 12.2. The molecule has 1 amide bonds. The smallest absolute Gasteiger partial charge is 0.262 e. The molecule has 24 heavy (non-hydrogen) atoms. The van der Waals surface area contributed by atoms with Crippen LogP contribution in [0.1, 0.15) is 11.1 Å². The van der Waals surface area contributed by atoms with Crippen molar-refractivity contribution in [3.8, 4) is 11.8 Å². The average Bonchev–Trinajstić information content (AvgIpc) is 2.58. The molecule has 0 radical (unpaired) electrons. The van der Waals surface area contributed by atoms with Gasteiger partial charge in [-0.25, -0.2) is 0 Å². The van der Waals surface area contributed by atoms with E-state index in [4.69, 9.17) is 4.74 Å². The molecule has 0 saturated heterocycles. The molecule has 0 heterocycles. The van der Waals surface area contributed by atoms with Gasteiger partial charge in [0.15, 0.2) is 0 Å². The lowest BCUT2D eigenvalue weighted by atomic mass is 10.1. The Bertz CT molecular complexity index is 789. The van der Waals surface area contributed by atoms with Crippen LogP contribution in [0.4, 0.5) is 0 Å². The summed E-state index contributed by atoms with van der Waals surface area (Å²) in [6.45, 7) is 0.385. The standard InChI is InChI=1S/C18H14I2N2O2/c1-24-17-15(19)8-13(9-16(17)20)7-14(10-21)18(23)22-11-12-5-3-2-4-6-12/h2-9H,11H2,1H3,(H,22,23)/b14-7-. The fourth-order valence-corrected chi connectivity index (χ4v) is 4.30. The van der Waals surface area contributed by atoms with Crippen molar-refractivity contribution in [2.75, 3.05) is 7.11 Å². The number of rotatable bonds is 5. The third kappa shape index (κ3) is 4.95. The first-order chi connectivity index (χ1) is 11.5. The van der Waals surface area contributed by atoms with Gasteiger partial charge in [0, 0.05) is 6.54 Å². The third-order valence-corrected chi connectivity index (χ3v) is 4.80. The molecule has 0 atom stereocenters. The van der Waals surface area contributed by atoms with Crippen molar-refractivity contribution in [1.29, 1.82) is 5.26 Å². The van der Waals surface area contributed by atoms with Crippen LogP contribution >= 0.6 is 45.2 Å². The van der Waals surface area contributed by atoms with Crippen LogP contribution in [0.25, 0.3) is 6.08 Å². The average molecular weight is 544 g/mol. The molecule has 122 valence electrons. The maximum Gasteiger partial charge on any atom is 0.262 e. The lowest BCUT2D eigenvalue weighted by Gasteiger charge is -2.08. The molecule has 2 aromatic carbocycles. The van der Waals surface area contributed by atoms with Gasteiger partial charge in [-0.1, -0.05) is 30.3 Å². The van der Waals surface area contributed by atoms with Crippen LogP contribution < -0.4 is 10.1 Å². The minimum Gasteiger partial charge on any atom is -0.495 e. The molecule has 0 aliphatic heterocycles. The lowest BCUT2D eigenvalue weighted by molar-refractivity contribution is -0.117. The zero-order valence-electron chi connectivity index (χ0n) is 12.8. The highest BCUT2D eigenvalue weighted by atomic mass is 127. The van der Waals surface area contributed by atoms with Crippen molar-refractivity contribution in [3.63, 3.8) is 0 Å². The van der Waals surface area contributed by atoms with E-state index in [1.807, 2.05) is 48.5 Å². The van der Waals surface area contributed by atoms with E-state index < -0.39 is 0 Å². The maximum absolute atomic E-state index is 12.2. The summed E-state index contributed by atoms with van der Waals surface area (Å²) in [4.78, 5) is 12.2. The largest absolute Gasteiger partial charge is 0.495 e. The number of methoxy groups -OCH3 is 1. The van der Waals surface area contributed by atoms with Crippen molar-refractivity contribution in [1.82, 2.24) is 5.32 Å². The second-order valence-electron chi connectivity index (χ2n) is 4.86. The van der Waals surface area contributed by atoms with E-state index in [0.717, 1.165) is 24.0 Å². The first kappa shape index (κ1) is 18.7. The number of carbonyl (C=O) groups excluding carboxylic acids is 1. The number of hydrogen-bond acceptors (Lipinski definition) is 3. The van der Waals surface area contributed by atoms with Crippen molar-refractivity contribution < 1.29 is 9.53 Å². The zero-order chi connectivity index (χ0) is 17.5. The van der Waals surface area contributed by atoms with Crippen LogP contribution in [0.2, 0.25) is 0 Å². The number of benzene rings is 2. The van der Waals surface area contributed by atoms with Crippen molar-refractivity contribution in [2.24, 2.45) is 0 Å². The van der Waals surface area contributed by atoms with Crippen LogP contribution in [0.15, 0.2) is 48.0 Å². The van der Waals surface area contributed by atoms with Crippen LogP contribution in [0, 0.1) is 18.5 Å². The van der Waals surface area contributed by atoms with Crippen molar-refractivity contribution in [2.45, 2.75) is 6.54 Å². The van der Waals surface area contributed by atoms with Crippen molar-refractivity contribution >= 4 is 57.2 Å². The quantitative estimate of drug-likeness (QED) is 0.350. The second kappa shape index (κ2) is 9.03. The molecule has 2 rings (SSSR count). The number of hydrogen-bond donors (Lipinski definition) is 1. The Hall–Kier alpha value is -1.60. The summed E-state index contributed by atoms with van der Waals surface area (Å²) < 4.78 is 7.17. The molecule has 0 aromatic heterocycles. The normalized spacial score (nSPS) is 10.8. The van der Waals surface area contributed by atoms with E-state index in [2.05, 4.69) is 50.5 Å². The minimum atomic E-state index is -0.387. The topological polar surface area (TPSA) is 62.1 Å². The molecule has 0 saturated carbocycles. The molecule has 2 aromatic rings. The molecular weight excluding hydrogens is 530 g/mol. The molecule has 0 unspecified atom stereocenters. The van der Waals surface area contributed by atoms with Gasteiger partial charge in [0.1, 0.15) is 17.4 Å². The van der Waals surface area contributed by atoms with Crippen LogP contribution in [0.3, 0.4) is 0 Å². The Morgan fingerprint density at radius 1 is 1.25 bits per heavy atom. The van der Waals surface area contributed by atoms with Gasteiger partial charge < -0.3 is 10.1 Å². The van der Waals surface area contributed by atoms with E-state index in [0.29, 0.717) is 6.54 Å². The minimum absolute atomic E-state index is 0.0719. The van der Waals surface area contributed by atoms with Crippen molar-refractivity contribution in [3.05, 3.63) is 66.3 Å². The van der Waals surface area contributed by atoms with Crippen LogP contribution in [0.5, 0.6) is 5.75 Å². The van der Waals surface area contributed by atoms with Gasteiger partial charge in [-0.2, -0.15) is 5.26 Å². The highest BCUT2D eigenvalue weighted by molar-refractivity contribution is 14.1. The van der Waals surface area contributed by atoms with Gasteiger partial charge in [0.2, 0.25) is 0 Å². The number of nitrogens with one attached hydrogen (secondary N) is 1. The monoisotopic (exact) mass is 544 g/mol. The molecule has 0 bridgehead atoms. The molecule has 0 aliphatic rings. The van der Waals surface area contributed by atoms with E-state index >= 15 is 0 Å². The zero-order valence-corrected chi connectivity index (χ0v) is 17.2. The summed E-state index contributed by atoms with van der Waals surface area (Å²) in [5, 5.41) is 12.1. The Labute approximate surface area is 168 Å². The molecule has 0 fully saturated rings. The van der Waals surface area contributed by atoms with Gasteiger partial charge in [-0.15, -0.1) is 0 Å². The lowest BCUT2D eigenvalue weighted by Crippen LogP contribution is -2.23. The Morgan fingerprint density at radius 3 is 2.42 bits per heavy atom. The summed E-state index contributed by atoms with van der Waals surface area (Å²) in [7, 11) is 1.62. The van der Waals surface area contributed by atoms with Gasteiger partial charge in [0.25, 0.3) is 5.91 Å². The fourth-order valence-electron chi connectivity index (χ4n) is 2.05. The molecule has 0 spiro atoms. The SMILES string of the molecule is COc1c(I)cc(/C=C(/C#N)C(=O)NCc2ccccc2)cc1I. The molecule has 6 heteroatoms. The fraction of sp³-hybridized carbons (Fsp3) is 0.111. The Balaban J connectivity index is 2.17. The summed E-state index contributed by atoms with van der Waals surface area (Å²) >= 11 is 4.34. The molecule has 1 N–H and O–H groups in total. The van der Waals surface area contributed by atoms with Gasteiger partial charge in [-0.05, 0) is 74.5 Å².